The molecule has 10 nitrogen and oxygen atoms in total. The topological polar surface area (TPSA) is 130 Å². The molecule has 0 heterocycles. The normalized spacial score (nSPS) is 24.8. The van der Waals surface area contributed by atoms with Gasteiger partial charge in [0, 0.05) is 26.5 Å². The van der Waals surface area contributed by atoms with Crippen molar-refractivity contribution in [2.75, 3.05) is 32.6 Å². The third-order valence-corrected chi connectivity index (χ3v) is 24.5. The van der Waals surface area contributed by atoms with Crippen molar-refractivity contribution in [1.82, 2.24) is 5.32 Å². The maximum atomic E-state index is 12.4. The Balaban J connectivity index is 3.53. The van der Waals surface area contributed by atoms with Gasteiger partial charge < -0.3 is 28.1 Å². The summed E-state index contributed by atoms with van der Waals surface area (Å²) >= 11 is 0. The zero-order valence-corrected chi connectivity index (χ0v) is 34.4. The highest BCUT2D eigenvalue weighted by Crippen LogP contribution is 2.47. The molecule has 0 aliphatic heterocycles. The van der Waals surface area contributed by atoms with Gasteiger partial charge >= 0.3 is 0 Å². The molecule has 0 aromatic rings. The van der Waals surface area contributed by atoms with Crippen LogP contribution in [-0.2, 0) is 37.7 Å². The Morgan fingerprint density at radius 3 is 1.52 bits per heavy atom. The number of methoxy groups -OCH3 is 1. The van der Waals surface area contributed by atoms with Crippen molar-refractivity contribution in [1.29, 1.82) is 0 Å². The second kappa shape index (κ2) is 14.5. The summed E-state index contributed by atoms with van der Waals surface area (Å²) in [6, 6.07) is 0. The van der Waals surface area contributed by atoms with Crippen LogP contribution in [0.25, 0.3) is 0 Å². The number of hydrogen-bond acceptors (Lipinski definition) is 8. The Hall–Kier alpha value is -0.169. The second-order valence-electron chi connectivity index (χ2n) is 17.1. The fraction of sp³-hybridized carbons (Fsp3) is 0.967. The Bertz CT molecular complexity index is 1020. The van der Waals surface area contributed by atoms with E-state index < -0.39 is 52.3 Å². The van der Waals surface area contributed by atoms with Crippen LogP contribution in [0, 0.1) is 0 Å². The molecule has 2 atom stereocenters. The van der Waals surface area contributed by atoms with Crippen LogP contribution in [0.1, 0.15) is 75.2 Å². The lowest BCUT2D eigenvalue weighted by Crippen LogP contribution is -2.64. The number of rotatable bonds is 14. The number of carbonyl (C=O) groups excluding carboxylic acids is 1. The molecule has 1 aliphatic carbocycles. The van der Waals surface area contributed by atoms with E-state index >= 15 is 0 Å². The van der Waals surface area contributed by atoms with E-state index in [1.54, 1.807) is 7.11 Å². The highest BCUT2D eigenvalue weighted by atomic mass is 32.2. The molecule has 14 heteroatoms. The summed E-state index contributed by atoms with van der Waals surface area (Å²) in [6.45, 7) is 33.2. The van der Waals surface area contributed by atoms with E-state index in [4.69, 9.17) is 27.3 Å². The minimum Gasteiger partial charge on any atom is -0.411 e. The Morgan fingerprint density at radius 2 is 1.18 bits per heavy atom. The first-order valence-electron chi connectivity index (χ1n) is 15.8. The standard InChI is InChI=1S/C30H65NO9SSi3/c1-27(2,3)42(11,12)38-23-19-30(36-10,22-37-21-25(32)31-17-18-41(33,34)35)20-24(39-43(13,14)28(4,5)6)26(23)40-44(15,16)29(7,8)9/h23-24,26H,17-22H2,1-16H3,(H,31,32)(H,33,34,35). The van der Waals surface area contributed by atoms with E-state index in [2.05, 4.69) is 107 Å². The van der Waals surface area contributed by atoms with Crippen molar-refractivity contribution < 1.29 is 40.5 Å². The van der Waals surface area contributed by atoms with Crippen molar-refractivity contribution in [3.05, 3.63) is 0 Å². The van der Waals surface area contributed by atoms with E-state index in [1.165, 1.54) is 0 Å². The minimum absolute atomic E-state index is 0.0162. The van der Waals surface area contributed by atoms with Crippen molar-refractivity contribution >= 4 is 41.0 Å². The Kier molecular flexibility index (Phi) is 13.8. The van der Waals surface area contributed by atoms with Gasteiger partial charge in [0.2, 0.25) is 5.91 Å². The Morgan fingerprint density at radius 1 is 0.795 bits per heavy atom. The smallest absolute Gasteiger partial charge is 0.266 e. The molecule has 2 N–H and O–H groups in total. The van der Waals surface area contributed by atoms with Gasteiger partial charge in [-0.15, -0.1) is 0 Å². The summed E-state index contributed by atoms with van der Waals surface area (Å²) in [5, 5.41) is 2.39. The summed E-state index contributed by atoms with van der Waals surface area (Å²) in [4.78, 5) is 12.4. The summed E-state index contributed by atoms with van der Waals surface area (Å²) < 4.78 is 64.7. The molecular formula is C30H65NO9SSi3. The quantitative estimate of drug-likeness (QED) is 0.157. The first-order valence-corrected chi connectivity index (χ1v) is 26.1. The highest BCUT2D eigenvalue weighted by Gasteiger charge is 2.55. The molecular weight excluding hydrogens is 635 g/mol. The van der Waals surface area contributed by atoms with Gasteiger partial charge in [-0.3, -0.25) is 9.35 Å². The van der Waals surface area contributed by atoms with E-state index in [-0.39, 0.29) is 53.2 Å². The van der Waals surface area contributed by atoms with Crippen molar-refractivity contribution in [2.45, 2.75) is 153 Å². The summed E-state index contributed by atoms with van der Waals surface area (Å²) in [5.41, 5.74) is -0.804. The first kappa shape index (κ1) is 41.9. The zero-order chi connectivity index (χ0) is 34.8. The van der Waals surface area contributed by atoms with Crippen LogP contribution in [-0.4, -0.2) is 100 Å². The molecule has 0 aromatic heterocycles. The summed E-state index contributed by atoms with van der Waals surface area (Å²) in [7, 11) is -9.31. The van der Waals surface area contributed by atoms with Gasteiger partial charge in [0.25, 0.3) is 10.1 Å². The molecule has 0 spiro atoms. The van der Waals surface area contributed by atoms with E-state index in [0.29, 0.717) is 12.8 Å². The van der Waals surface area contributed by atoms with E-state index in [0.717, 1.165) is 0 Å². The minimum atomic E-state index is -4.17. The molecule has 44 heavy (non-hydrogen) atoms. The first-order chi connectivity index (χ1) is 19.4. The molecule has 262 valence electrons. The molecule has 2 unspecified atom stereocenters. The fourth-order valence-electron chi connectivity index (χ4n) is 4.33. The maximum Gasteiger partial charge on any atom is 0.266 e. The monoisotopic (exact) mass is 699 g/mol. The number of amides is 1. The predicted octanol–water partition coefficient (Wildman–Crippen LogP) is 6.36. The number of nitrogens with one attached hydrogen (secondary N) is 1. The Labute approximate surface area is 272 Å². The van der Waals surface area contributed by atoms with Crippen molar-refractivity contribution in [2.24, 2.45) is 0 Å². The van der Waals surface area contributed by atoms with Gasteiger partial charge in [0.15, 0.2) is 25.0 Å². The maximum absolute atomic E-state index is 12.4. The molecule has 1 amide bonds. The average molecular weight is 700 g/mol. The van der Waals surface area contributed by atoms with Gasteiger partial charge in [-0.05, 0) is 54.4 Å². The lowest BCUT2D eigenvalue weighted by molar-refractivity contribution is -0.175. The molecule has 1 aliphatic rings. The molecule has 1 fully saturated rings. The van der Waals surface area contributed by atoms with Crippen molar-refractivity contribution in [3.8, 4) is 0 Å². The number of hydrogen-bond donors (Lipinski definition) is 2. The van der Waals surface area contributed by atoms with Gasteiger partial charge in [-0.25, -0.2) is 0 Å². The molecule has 0 bridgehead atoms. The summed E-state index contributed by atoms with van der Waals surface area (Å²) in [6.07, 6.45) is 0.0844. The van der Waals surface area contributed by atoms with Gasteiger partial charge in [0.05, 0.1) is 36.3 Å². The van der Waals surface area contributed by atoms with E-state index in [9.17, 15) is 13.2 Å². The largest absolute Gasteiger partial charge is 0.411 e. The number of ether oxygens (including phenoxy) is 2. The highest BCUT2D eigenvalue weighted by molar-refractivity contribution is 7.85. The van der Waals surface area contributed by atoms with Gasteiger partial charge in [-0.1, -0.05) is 62.3 Å². The molecule has 0 aromatic carbocycles. The van der Waals surface area contributed by atoms with Crippen LogP contribution in [0.15, 0.2) is 0 Å². The number of carbonyl (C=O) groups is 1. The van der Waals surface area contributed by atoms with Crippen LogP contribution in [0.4, 0.5) is 0 Å². The lowest BCUT2D eigenvalue weighted by atomic mass is 9.80. The van der Waals surface area contributed by atoms with Crippen LogP contribution in [0.5, 0.6) is 0 Å². The van der Waals surface area contributed by atoms with Crippen LogP contribution in [0.3, 0.4) is 0 Å². The average Bonchev–Trinajstić information content (AvgIpc) is 2.77. The summed E-state index contributed by atoms with van der Waals surface area (Å²) in [5.74, 6) is -1.03. The van der Waals surface area contributed by atoms with Gasteiger partial charge in [-0.2, -0.15) is 8.42 Å². The predicted molar refractivity (Wildman–Crippen MR) is 185 cm³/mol. The fourth-order valence-corrected chi connectivity index (χ4v) is 8.68. The van der Waals surface area contributed by atoms with Crippen molar-refractivity contribution in [3.63, 3.8) is 0 Å². The molecule has 0 saturated heterocycles. The van der Waals surface area contributed by atoms with Crippen LogP contribution in [0.2, 0.25) is 54.4 Å². The van der Waals surface area contributed by atoms with Gasteiger partial charge in [0.1, 0.15) is 6.61 Å². The molecule has 1 saturated carbocycles. The van der Waals surface area contributed by atoms with E-state index in [1.807, 2.05) is 0 Å². The van der Waals surface area contributed by atoms with Crippen LogP contribution < -0.4 is 5.32 Å². The van der Waals surface area contributed by atoms with Crippen LogP contribution >= 0.6 is 0 Å². The second-order valence-corrected chi connectivity index (χ2v) is 32.9. The molecule has 1 rings (SSSR count). The lowest BCUT2D eigenvalue weighted by Gasteiger charge is -2.54. The third-order valence-electron chi connectivity index (χ3n) is 10.3. The molecule has 0 radical (unpaired) electrons. The SMILES string of the molecule is COC1(COCC(=O)NCCS(=O)(=O)O)CC(O[Si](C)(C)C(C)(C)C)C(O[Si](C)(C)C(C)(C)C)C(O[Si](C)(C)C(C)(C)C)C1. The third kappa shape index (κ3) is 11.8. The zero-order valence-electron chi connectivity index (χ0n) is 30.6.